The van der Waals surface area contributed by atoms with Crippen LogP contribution in [0.3, 0.4) is 0 Å². The molecule has 0 atom stereocenters. The predicted octanol–water partition coefficient (Wildman–Crippen LogP) is 3.78. The van der Waals surface area contributed by atoms with Gasteiger partial charge in [-0.1, -0.05) is 49.1 Å². The zero-order valence-corrected chi connectivity index (χ0v) is 13.0. The Balaban J connectivity index is 1.55. The summed E-state index contributed by atoms with van der Waals surface area (Å²) in [5.41, 5.74) is 1.13. The number of imidazole rings is 1. The molecule has 1 aliphatic carbocycles. The summed E-state index contributed by atoms with van der Waals surface area (Å²) in [6.07, 6.45) is 13.0. The van der Waals surface area contributed by atoms with Gasteiger partial charge in [0.05, 0.1) is 6.10 Å². The van der Waals surface area contributed by atoms with Gasteiger partial charge < -0.3 is 4.74 Å². The molecule has 0 unspecified atom stereocenters. The quantitative estimate of drug-likeness (QED) is 0.769. The van der Waals surface area contributed by atoms with Gasteiger partial charge in [0.25, 0.3) is 0 Å². The van der Waals surface area contributed by atoms with Crippen LogP contribution in [0.4, 0.5) is 0 Å². The Morgan fingerprint density at radius 3 is 2.81 bits per heavy atom. The third-order valence-electron chi connectivity index (χ3n) is 4.07. The molecule has 1 heterocycles. The van der Waals surface area contributed by atoms with E-state index in [-0.39, 0.29) is 0 Å². The highest BCUT2D eigenvalue weighted by Crippen LogP contribution is 2.20. The van der Waals surface area contributed by atoms with Crippen molar-refractivity contribution in [3.63, 3.8) is 0 Å². The molecule has 1 fully saturated rings. The molecule has 0 amide bonds. The Bertz CT molecular complexity index is 576. The first-order valence-corrected chi connectivity index (χ1v) is 8.09. The summed E-state index contributed by atoms with van der Waals surface area (Å²) in [7, 11) is 0. The average Bonchev–Trinajstić information content (AvgIpc) is 2.96. The molecule has 0 N–H and O–H groups in total. The summed E-state index contributed by atoms with van der Waals surface area (Å²) in [5.74, 6) is 0. The number of hydrogen-bond donors (Lipinski definition) is 0. The lowest BCUT2D eigenvalue weighted by atomic mass is 9.98. The second kappa shape index (κ2) is 7.10. The fraction of sp³-hybridized carbons (Fsp3) is 0.471. The number of nitrogens with zero attached hydrogens (tertiary/aromatic N) is 2. The van der Waals surface area contributed by atoms with Gasteiger partial charge >= 0.3 is 0 Å². The second-order valence-electron chi connectivity index (χ2n) is 5.75. The highest BCUT2D eigenvalue weighted by molar-refractivity contribution is 6.31. The fourth-order valence-electron chi connectivity index (χ4n) is 2.86. The molecule has 1 aromatic carbocycles. The molecule has 1 aliphatic rings. The minimum Gasteiger partial charge on any atom is -0.338 e. The van der Waals surface area contributed by atoms with Crippen LogP contribution in [0.5, 0.6) is 0 Å². The van der Waals surface area contributed by atoms with E-state index in [1.54, 1.807) is 0 Å². The van der Waals surface area contributed by atoms with Crippen molar-refractivity contribution < 1.29 is 9.30 Å². The van der Waals surface area contributed by atoms with Gasteiger partial charge in [-0.15, -0.1) is 0 Å². The molecular formula is C17H22ClN2O+. The van der Waals surface area contributed by atoms with Gasteiger partial charge in [-0.3, -0.25) is 0 Å². The van der Waals surface area contributed by atoms with Crippen molar-refractivity contribution in [3.05, 3.63) is 53.6 Å². The first kappa shape index (κ1) is 14.6. The average molecular weight is 306 g/mol. The van der Waals surface area contributed by atoms with Gasteiger partial charge in [0.15, 0.2) is 6.73 Å². The number of halogens is 1. The van der Waals surface area contributed by atoms with Crippen LogP contribution < -0.4 is 4.57 Å². The summed E-state index contributed by atoms with van der Waals surface area (Å²) in [6.45, 7) is 1.43. The molecule has 0 radical (unpaired) electrons. The van der Waals surface area contributed by atoms with Gasteiger partial charge in [0, 0.05) is 10.6 Å². The van der Waals surface area contributed by atoms with Crippen LogP contribution in [0.15, 0.2) is 43.0 Å². The minimum absolute atomic E-state index is 0.443. The molecule has 0 saturated heterocycles. The Labute approximate surface area is 131 Å². The molecule has 1 aromatic heterocycles. The molecule has 0 aliphatic heterocycles. The first-order chi connectivity index (χ1) is 10.3. The van der Waals surface area contributed by atoms with Gasteiger partial charge in [-0.25, -0.2) is 9.13 Å². The van der Waals surface area contributed by atoms with Crippen molar-refractivity contribution in [2.75, 3.05) is 0 Å². The molecule has 112 valence electrons. The van der Waals surface area contributed by atoms with E-state index in [4.69, 9.17) is 16.3 Å². The van der Waals surface area contributed by atoms with E-state index < -0.39 is 0 Å². The third kappa shape index (κ3) is 4.08. The van der Waals surface area contributed by atoms with Crippen molar-refractivity contribution in [2.24, 2.45) is 0 Å². The molecule has 1 saturated carbocycles. The largest absolute Gasteiger partial charge is 0.338 e. The van der Waals surface area contributed by atoms with Crippen LogP contribution in [0, 0.1) is 0 Å². The monoisotopic (exact) mass is 305 g/mol. The smallest absolute Gasteiger partial charge is 0.245 e. The number of aromatic nitrogens is 2. The highest BCUT2D eigenvalue weighted by Gasteiger charge is 2.15. The van der Waals surface area contributed by atoms with E-state index in [9.17, 15) is 0 Å². The molecule has 4 heteroatoms. The summed E-state index contributed by atoms with van der Waals surface area (Å²) in [4.78, 5) is 0. The Kier molecular flexibility index (Phi) is 4.94. The van der Waals surface area contributed by atoms with Gasteiger partial charge in [0.2, 0.25) is 6.33 Å². The third-order valence-corrected chi connectivity index (χ3v) is 4.44. The van der Waals surface area contributed by atoms with Crippen LogP contribution in [0.2, 0.25) is 5.02 Å². The maximum Gasteiger partial charge on any atom is 0.245 e. The van der Waals surface area contributed by atoms with Crippen molar-refractivity contribution in [1.82, 2.24) is 4.57 Å². The van der Waals surface area contributed by atoms with Crippen LogP contribution in [0.25, 0.3) is 0 Å². The molecule has 0 bridgehead atoms. The Morgan fingerprint density at radius 2 is 2.00 bits per heavy atom. The van der Waals surface area contributed by atoms with Gasteiger partial charge in [0.1, 0.15) is 18.9 Å². The molecule has 3 nitrogen and oxygen atoms in total. The van der Waals surface area contributed by atoms with E-state index in [2.05, 4.69) is 33.9 Å². The number of benzene rings is 1. The fourth-order valence-corrected chi connectivity index (χ4v) is 3.05. The SMILES string of the molecule is Clc1ccccc1C[n+]1ccn(COC2CCCCC2)c1. The maximum atomic E-state index is 6.20. The van der Waals surface area contributed by atoms with Gasteiger partial charge in [-0.2, -0.15) is 0 Å². The van der Waals surface area contributed by atoms with E-state index >= 15 is 0 Å². The maximum absolute atomic E-state index is 6.20. The van der Waals surface area contributed by atoms with Crippen molar-refractivity contribution in [2.45, 2.75) is 51.5 Å². The molecule has 0 spiro atoms. The van der Waals surface area contributed by atoms with E-state index in [1.807, 2.05) is 18.2 Å². The van der Waals surface area contributed by atoms with Crippen LogP contribution >= 0.6 is 11.6 Å². The molecule has 21 heavy (non-hydrogen) atoms. The predicted molar refractivity (Wildman–Crippen MR) is 83.1 cm³/mol. The zero-order valence-electron chi connectivity index (χ0n) is 12.2. The van der Waals surface area contributed by atoms with Crippen LogP contribution in [-0.2, 0) is 18.0 Å². The summed E-state index contributed by atoms with van der Waals surface area (Å²) in [5, 5.41) is 0.816. The van der Waals surface area contributed by atoms with E-state index in [0.717, 1.165) is 17.1 Å². The van der Waals surface area contributed by atoms with E-state index in [0.29, 0.717) is 12.8 Å². The topological polar surface area (TPSA) is 18.0 Å². The van der Waals surface area contributed by atoms with Gasteiger partial charge in [-0.05, 0) is 18.9 Å². The minimum atomic E-state index is 0.443. The lowest BCUT2D eigenvalue weighted by Crippen LogP contribution is -2.32. The number of hydrogen-bond acceptors (Lipinski definition) is 1. The van der Waals surface area contributed by atoms with E-state index in [1.165, 1.54) is 32.1 Å². The second-order valence-corrected chi connectivity index (χ2v) is 6.15. The summed E-state index contributed by atoms with van der Waals surface area (Å²) >= 11 is 6.20. The Hall–Kier alpha value is -1.32. The summed E-state index contributed by atoms with van der Waals surface area (Å²) < 4.78 is 10.2. The zero-order chi connectivity index (χ0) is 14.5. The molecule has 2 aromatic rings. The van der Waals surface area contributed by atoms with Crippen molar-refractivity contribution in [1.29, 1.82) is 0 Å². The van der Waals surface area contributed by atoms with Crippen molar-refractivity contribution in [3.8, 4) is 0 Å². The van der Waals surface area contributed by atoms with Crippen molar-refractivity contribution >= 4 is 11.6 Å². The van der Waals surface area contributed by atoms with Crippen LogP contribution in [-0.4, -0.2) is 10.7 Å². The first-order valence-electron chi connectivity index (χ1n) is 7.71. The number of ether oxygens (including phenoxy) is 1. The standard InChI is InChI=1S/C17H22ClN2O/c18-17-9-5-4-6-15(17)12-19-10-11-20(13-19)14-21-16-7-2-1-3-8-16/h4-6,9-11,13,16H,1-3,7-8,12,14H2/q+1. The summed E-state index contributed by atoms with van der Waals surface area (Å²) in [6, 6.07) is 7.97. The molecule has 3 rings (SSSR count). The Morgan fingerprint density at radius 1 is 1.19 bits per heavy atom. The normalized spacial score (nSPS) is 16.2. The lowest BCUT2D eigenvalue weighted by molar-refractivity contribution is -0.688. The highest BCUT2D eigenvalue weighted by atomic mass is 35.5. The van der Waals surface area contributed by atoms with Crippen LogP contribution in [0.1, 0.15) is 37.7 Å². The number of rotatable bonds is 5. The lowest BCUT2D eigenvalue weighted by Gasteiger charge is -2.20. The molecular weight excluding hydrogens is 284 g/mol.